The van der Waals surface area contributed by atoms with Gasteiger partial charge in [-0.1, -0.05) is 81.1 Å². The molecule has 12 heterocycles. The van der Waals surface area contributed by atoms with Crippen molar-refractivity contribution < 1.29 is 110 Å². The number of rotatable bonds is 29. The van der Waals surface area contributed by atoms with Gasteiger partial charge in [0.15, 0.2) is 43.4 Å². The normalized spacial score (nSPS) is 20.8. The lowest BCUT2D eigenvalue weighted by atomic mass is 9.94. The number of carboxylic acids is 4. The van der Waals surface area contributed by atoms with E-state index in [-0.39, 0.29) is 118 Å². The zero-order chi connectivity index (χ0) is 100. The van der Waals surface area contributed by atoms with Gasteiger partial charge in [0.1, 0.15) is 60.0 Å². The number of hydrogen-bond acceptors (Lipinski definition) is 38. The first-order valence-corrected chi connectivity index (χ1v) is 48.9. The highest BCUT2D eigenvalue weighted by atomic mass is 79.9. The molecule has 742 valence electrons. The third-order valence-corrected chi connectivity index (χ3v) is 27.4. The molecule has 140 heavy (non-hydrogen) atoms. The van der Waals surface area contributed by atoms with E-state index in [9.17, 15) is 77.7 Å². The molecule has 8 unspecified atom stereocenters. The summed E-state index contributed by atoms with van der Waals surface area (Å²) in [4.78, 5) is 158. The maximum Gasteiger partial charge on any atom is 0.338 e. The zero-order valence-corrected chi connectivity index (χ0v) is 83.1. The van der Waals surface area contributed by atoms with Crippen molar-refractivity contribution in [2.75, 3.05) is 132 Å². The number of aryl methyl sites for hydroxylation is 3. The highest BCUT2D eigenvalue weighted by molar-refractivity contribution is 9.10. The molecule has 0 radical (unpaired) electrons. The first kappa shape index (κ1) is 106. The molecule has 0 saturated carbocycles. The van der Waals surface area contributed by atoms with Crippen LogP contribution >= 0.6 is 96.1 Å². The Balaban J connectivity index is 0.000000157. The fourth-order valence-electron chi connectivity index (χ4n) is 15.8. The van der Waals surface area contributed by atoms with Crippen LogP contribution in [0, 0.1) is 42.5 Å². The number of carbonyl (C=O) groups is 8. The first-order chi connectivity index (χ1) is 67.2. The second kappa shape index (κ2) is 49.1. The van der Waals surface area contributed by atoms with Gasteiger partial charge in [-0.2, -0.15) is 0 Å². The Bertz CT molecular complexity index is 5820. The van der Waals surface area contributed by atoms with Crippen molar-refractivity contribution in [3.05, 3.63) is 252 Å². The van der Waals surface area contributed by atoms with Crippen molar-refractivity contribution in [3.8, 4) is 0 Å². The van der Waals surface area contributed by atoms with Gasteiger partial charge in [-0.25, -0.2) is 47.9 Å². The Hall–Kier alpha value is -11.7. The summed E-state index contributed by atoms with van der Waals surface area (Å²) < 4.78 is 71.0. The zero-order valence-electron chi connectivity index (χ0n) is 76.0. The summed E-state index contributed by atoms with van der Waals surface area (Å²) in [7, 11) is 0. The maximum absolute atomic E-state index is 13.9. The second-order valence-electron chi connectivity index (χ2n) is 31.5. The SMILES string of the molecule is CCOC(=O)C1=C(CN2CCOCC2C(=O)O)NC(c2ncc(C)s2)=NC1c1ccc(Cl)cc1Cl.CCOC(=O)C1=C(CN2CCOCC2C(=O)O)NC(c2ncc(C)s2)=NC1c1ccc(F)cc1Br.CCOC(=O)C1=C(CN2CCOCC2C(=O)O)NC(c2ncc(C)s2)=NC1c1ccc(F)cc1Cl.CCOC(=O)C1=C(CN2CCOCC2C(=O)O)NC(c2nccs2)=NC1c1ccccc1[N+](=O)[O-]. The standard InChI is InChI=1S/C23H24BrFN4O5S.C23H24Cl2N4O5S.C23H24ClFN4O5S.C22H23N5O7S/c1-3-34-23(32)18-16(10-29-6-7-33-11-17(29)22(30)31)27-20(21-26-9-12(2)35-21)28-19(18)14-5-4-13(25)8-15(14)24;1-3-34-23(32)18-16(10-29-6-7-33-11-17(29)22(30)31)27-20(21-26-9-12(2)35-21)28-19(18)14-5-4-13(24)8-15(14)25;1-3-34-23(32)18-16(10-29-6-7-33-11-17(29)22(30)31)27-20(21-26-9-12(2)35-21)28-19(18)14-5-4-13(25)8-15(14)24;1-2-34-22(30)17-14(11-26-8-9-33-12-16(26)21(28)29)24-19(20-23-7-10-35-20)25-18(17)13-5-3-4-6-15(13)27(31)32/h3*4-5,8-9,17,19H,3,6-7,10-11H2,1-2H3,(H,27,28)(H,30,31);3-7,10,16,18H,2,8-9,11-12H2,1H3,(H,24,25)(H,28,29). The largest absolute Gasteiger partial charge is 0.480 e. The van der Waals surface area contributed by atoms with Crippen LogP contribution in [0.3, 0.4) is 0 Å². The van der Waals surface area contributed by atoms with E-state index in [0.29, 0.717) is 150 Å². The van der Waals surface area contributed by atoms with E-state index >= 15 is 0 Å². The fourth-order valence-corrected chi connectivity index (χ4v) is 19.9. The topological polar surface area (TPSA) is 497 Å². The lowest BCUT2D eigenvalue weighted by Crippen LogP contribution is -2.52. The Morgan fingerprint density at radius 3 is 1.09 bits per heavy atom. The van der Waals surface area contributed by atoms with Gasteiger partial charge in [0.2, 0.25) is 0 Å². The second-order valence-corrected chi connectivity index (χ2v) is 38.3. The molecule has 39 nitrogen and oxygen atoms in total. The van der Waals surface area contributed by atoms with Gasteiger partial charge in [0, 0.05) is 157 Å². The van der Waals surface area contributed by atoms with Crippen molar-refractivity contribution in [2.45, 2.75) is 96.8 Å². The molecular formula is C91H95BrCl3F2N17O22S4. The number of hydrogen-bond donors (Lipinski definition) is 8. The molecule has 4 aromatic heterocycles. The van der Waals surface area contributed by atoms with E-state index in [1.165, 1.54) is 81.7 Å². The van der Waals surface area contributed by atoms with Crippen LogP contribution in [0.1, 0.15) is 109 Å². The van der Waals surface area contributed by atoms with Crippen molar-refractivity contribution in [3.63, 3.8) is 0 Å². The number of nitro groups is 1. The number of amidine groups is 4. The van der Waals surface area contributed by atoms with Crippen LogP contribution in [0.25, 0.3) is 0 Å². The summed E-state index contributed by atoms with van der Waals surface area (Å²) in [5.41, 5.74) is 4.00. The Morgan fingerprint density at radius 2 is 0.779 bits per heavy atom. The molecule has 16 rings (SSSR count). The molecule has 49 heteroatoms. The number of thiazole rings is 4. The minimum absolute atomic E-state index is 0.00162. The van der Waals surface area contributed by atoms with Crippen LogP contribution < -0.4 is 21.3 Å². The molecule has 0 bridgehead atoms. The molecule has 4 saturated heterocycles. The number of ether oxygens (including phenoxy) is 8. The third-order valence-electron chi connectivity index (χ3n) is 22.3. The summed E-state index contributed by atoms with van der Waals surface area (Å²) in [5, 5.41) is 68.4. The predicted molar refractivity (Wildman–Crippen MR) is 517 cm³/mol. The molecule has 8 atom stereocenters. The van der Waals surface area contributed by atoms with Gasteiger partial charge in [-0.3, -0.25) is 68.9 Å². The molecule has 8 aliphatic heterocycles. The van der Waals surface area contributed by atoms with Crippen LogP contribution in [0.5, 0.6) is 0 Å². The number of nitrogens with one attached hydrogen (secondary N) is 4. The highest BCUT2D eigenvalue weighted by Crippen LogP contribution is 2.44. The van der Waals surface area contributed by atoms with Crippen LogP contribution in [-0.2, 0) is 76.3 Å². The van der Waals surface area contributed by atoms with E-state index in [0.717, 1.165) is 20.7 Å². The lowest BCUT2D eigenvalue weighted by molar-refractivity contribution is -0.385. The molecule has 0 aliphatic carbocycles. The summed E-state index contributed by atoms with van der Waals surface area (Å²) in [6.07, 6.45) is 6.76. The van der Waals surface area contributed by atoms with Crippen LogP contribution in [-0.4, -0.2) is 292 Å². The van der Waals surface area contributed by atoms with Gasteiger partial charge in [0.05, 0.1) is 112 Å². The molecule has 8 aromatic rings. The molecular weight excluding hydrogens is 2040 g/mol. The van der Waals surface area contributed by atoms with Gasteiger partial charge in [-0.05, 0) is 96.5 Å². The highest BCUT2D eigenvalue weighted by Gasteiger charge is 2.45. The minimum atomic E-state index is -1.06. The number of morpholine rings is 4. The summed E-state index contributed by atoms with van der Waals surface area (Å²) in [6.45, 7) is 16.4. The van der Waals surface area contributed by atoms with Crippen molar-refractivity contribution in [1.29, 1.82) is 0 Å². The molecule has 4 aromatic carbocycles. The maximum atomic E-state index is 13.9. The van der Waals surface area contributed by atoms with Crippen LogP contribution in [0.4, 0.5) is 14.5 Å². The number of aromatic nitrogens is 4. The molecule has 8 aliphatic rings. The van der Waals surface area contributed by atoms with E-state index in [2.05, 4.69) is 62.1 Å². The van der Waals surface area contributed by atoms with Crippen molar-refractivity contribution in [1.82, 2.24) is 60.8 Å². The molecule has 0 spiro atoms. The number of para-hydroxylation sites is 1. The molecule has 0 amide bonds. The minimum Gasteiger partial charge on any atom is -0.480 e. The summed E-state index contributed by atoms with van der Waals surface area (Å²) in [5.74, 6) is -5.90. The average molecular weight is 2130 g/mol. The predicted octanol–water partition coefficient (Wildman–Crippen LogP) is 11.2. The molecule has 4 fully saturated rings. The Morgan fingerprint density at radius 1 is 0.457 bits per heavy atom. The number of carboxylic acid groups (broad SMARTS) is 4. The smallest absolute Gasteiger partial charge is 0.338 e. The van der Waals surface area contributed by atoms with Crippen molar-refractivity contribution in [2.24, 2.45) is 20.0 Å². The van der Waals surface area contributed by atoms with Gasteiger partial charge in [0.25, 0.3) is 5.69 Å². The van der Waals surface area contributed by atoms with Crippen LogP contribution in [0.2, 0.25) is 15.1 Å². The van der Waals surface area contributed by atoms with E-state index < -0.39 is 113 Å². The number of halogens is 6. The van der Waals surface area contributed by atoms with Gasteiger partial charge >= 0.3 is 47.8 Å². The lowest BCUT2D eigenvalue weighted by Gasteiger charge is -2.35. The summed E-state index contributed by atoms with van der Waals surface area (Å²) in [6, 6.07) is 12.0. The third kappa shape index (κ3) is 26.0. The first-order valence-electron chi connectivity index (χ1n) is 43.7. The number of nitrogens with zero attached hydrogens (tertiary/aromatic N) is 13. The number of aliphatic imine (C=N–C) groups is 4. The monoisotopic (exact) mass is 2130 g/mol. The van der Waals surface area contributed by atoms with Crippen molar-refractivity contribution >= 4 is 173 Å². The number of aliphatic carboxylic acids is 4. The number of benzene rings is 4. The van der Waals surface area contributed by atoms with Gasteiger partial charge in [-0.15, -0.1) is 45.3 Å². The quantitative estimate of drug-likeness (QED) is 0.00934. The fraction of sp³-hybridized carbons (Fsp3) is 0.385. The number of nitro benzene ring substituents is 1. The number of carbonyl (C=O) groups excluding carboxylic acids is 4. The van der Waals surface area contributed by atoms with E-state index in [1.807, 2.05) is 20.8 Å². The Labute approximate surface area is 839 Å². The van der Waals surface area contributed by atoms with E-state index in [1.54, 1.807) is 114 Å². The summed E-state index contributed by atoms with van der Waals surface area (Å²) >= 11 is 28.0. The molecule has 8 N–H and O–H groups in total. The van der Waals surface area contributed by atoms with Gasteiger partial charge < -0.3 is 79.6 Å². The number of esters is 4. The van der Waals surface area contributed by atoms with Crippen LogP contribution in [0.15, 0.2) is 179 Å². The van der Waals surface area contributed by atoms with E-state index in [4.69, 9.17) is 87.7 Å². The average Bonchev–Trinajstić information content (AvgIpc) is 1.20. The Kier molecular flexibility index (Phi) is 37.1.